The summed E-state index contributed by atoms with van der Waals surface area (Å²) in [6.45, 7) is 0. The van der Waals surface area contributed by atoms with E-state index in [0.29, 0.717) is 0 Å². The summed E-state index contributed by atoms with van der Waals surface area (Å²) in [5.74, 6) is -3.48. The first kappa shape index (κ1) is 13.9. The summed E-state index contributed by atoms with van der Waals surface area (Å²) in [6.07, 6.45) is 0.574. The summed E-state index contributed by atoms with van der Waals surface area (Å²) in [4.78, 5) is 36.5. The zero-order chi connectivity index (χ0) is 13.7. The van der Waals surface area contributed by atoms with Gasteiger partial charge < -0.3 is 15.5 Å². The topological polar surface area (TPSA) is 117 Å². The Morgan fingerprint density at radius 3 is 2.56 bits per heavy atom. The fraction of sp³-hybridized carbons (Fsp3) is 0.200. The van der Waals surface area contributed by atoms with Gasteiger partial charge in [-0.25, -0.2) is 9.78 Å². The molecule has 0 fully saturated rings. The molecule has 0 aromatic carbocycles. The highest BCUT2D eigenvalue weighted by Gasteiger charge is 2.23. The molecule has 0 aliphatic heterocycles. The lowest BCUT2D eigenvalue weighted by molar-refractivity contribution is -0.145. The van der Waals surface area contributed by atoms with Crippen LogP contribution in [0.15, 0.2) is 18.3 Å². The number of amides is 1. The van der Waals surface area contributed by atoms with Crippen LogP contribution in [0.4, 0.5) is 0 Å². The van der Waals surface area contributed by atoms with Crippen LogP contribution in [0.2, 0.25) is 5.15 Å². The average Bonchev–Trinajstić information content (AvgIpc) is 2.27. The number of nitrogens with one attached hydrogen (secondary N) is 1. The lowest BCUT2D eigenvalue weighted by atomic mass is 10.2. The van der Waals surface area contributed by atoms with Crippen molar-refractivity contribution in [3.8, 4) is 0 Å². The molecule has 96 valence electrons. The number of carbonyl (C=O) groups excluding carboxylic acids is 1. The van der Waals surface area contributed by atoms with E-state index in [1.165, 1.54) is 18.3 Å². The molecule has 0 saturated carbocycles. The van der Waals surface area contributed by atoms with E-state index in [0.717, 1.165) is 0 Å². The number of carboxylic acid groups (broad SMARTS) is 2. The van der Waals surface area contributed by atoms with Crippen molar-refractivity contribution in [2.45, 2.75) is 12.5 Å². The molecule has 0 aliphatic rings. The molecule has 3 N–H and O–H groups in total. The summed E-state index contributed by atoms with van der Waals surface area (Å²) >= 11 is 5.57. The van der Waals surface area contributed by atoms with E-state index in [9.17, 15) is 14.4 Å². The van der Waals surface area contributed by atoms with E-state index in [1.54, 1.807) is 0 Å². The second-order valence-electron chi connectivity index (χ2n) is 3.33. The predicted molar refractivity (Wildman–Crippen MR) is 60.4 cm³/mol. The number of aromatic nitrogens is 1. The molecule has 1 atom stereocenters. The number of carboxylic acids is 2. The van der Waals surface area contributed by atoms with Gasteiger partial charge in [0, 0.05) is 11.8 Å². The van der Waals surface area contributed by atoms with E-state index < -0.39 is 30.3 Å². The number of carbonyl (C=O) groups is 3. The Labute approximate surface area is 106 Å². The summed E-state index contributed by atoms with van der Waals surface area (Å²) in [7, 11) is 0. The summed E-state index contributed by atoms with van der Waals surface area (Å²) in [6, 6.07) is 1.08. The molecule has 1 unspecified atom stereocenters. The van der Waals surface area contributed by atoms with Crippen LogP contribution in [0.3, 0.4) is 0 Å². The highest BCUT2D eigenvalue weighted by Crippen LogP contribution is 2.07. The van der Waals surface area contributed by atoms with Crippen molar-refractivity contribution in [3.63, 3.8) is 0 Å². The lowest BCUT2D eigenvalue weighted by Crippen LogP contribution is -2.42. The third-order valence-electron chi connectivity index (χ3n) is 1.97. The summed E-state index contributed by atoms with van der Waals surface area (Å²) in [5.41, 5.74) is 0.103. The molecule has 0 radical (unpaired) electrons. The maximum absolute atomic E-state index is 11.6. The van der Waals surface area contributed by atoms with E-state index in [-0.39, 0.29) is 10.7 Å². The molecule has 1 aromatic rings. The normalized spacial score (nSPS) is 11.6. The van der Waals surface area contributed by atoms with Crippen molar-refractivity contribution in [2.24, 2.45) is 0 Å². The Bertz CT molecular complexity index is 491. The Hall–Kier alpha value is -2.15. The molecular weight excluding hydrogens is 264 g/mol. The molecule has 1 rings (SSSR count). The minimum absolute atomic E-state index is 0.0766. The number of hydrogen-bond acceptors (Lipinski definition) is 4. The quantitative estimate of drug-likeness (QED) is 0.668. The number of hydrogen-bond donors (Lipinski definition) is 3. The maximum Gasteiger partial charge on any atom is 0.326 e. The van der Waals surface area contributed by atoms with Gasteiger partial charge in [0.2, 0.25) is 0 Å². The van der Waals surface area contributed by atoms with Gasteiger partial charge in [-0.15, -0.1) is 0 Å². The van der Waals surface area contributed by atoms with Gasteiger partial charge in [-0.3, -0.25) is 9.59 Å². The smallest absolute Gasteiger partial charge is 0.326 e. The van der Waals surface area contributed by atoms with Gasteiger partial charge in [-0.05, 0) is 12.1 Å². The van der Waals surface area contributed by atoms with Gasteiger partial charge in [-0.2, -0.15) is 0 Å². The first-order valence-corrected chi connectivity index (χ1v) is 5.15. The highest BCUT2D eigenvalue weighted by molar-refractivity contribution is 6.29. The Morgan fingerprint density at radius 1 is 1.39 bits per heavy atom. The third kappa shape index (κ3) is 4.02. The van der Waals surface area contributed by atoms with E-state index in [4.69, 9.17) is 21.8 Å². The van der Waals surface area contributed by atoms with Gasteiger partial charge in [-0.1, -0.05) is 11.6 Å². The number of aliphatic carboxylic acids is 2. The number of pyridine rings is 1. The second kappa shape index (κ2) is 5.97. The van der Waals surface area contributed by atoms with Crippen molar-refractivity contribution in [2.75, 3.05) is 0 Å². The van der Waals surface area contributed by atoms with Crippen molar-refractivity contribution in [1.29, 1.82) is 0 Å². The molecule has 0 aliphatic carbocycles. The van der Waals surface area contributed by atoms with Gasteiger partial charge in [0.15, 0.2) is 0 Å². The fourth-order valence-electron chi connectivity index (χ4n) is 1.16. The predicted octanol–water partition coefficient (Wildman–Crippen LogP) is 0.393. The number of rotatable bonds is 5. The molecule has 7 nitrogen and oxygen atoms in total. The van der Waals surface area contributed by atoms with Gasteiger partial charge in [0.05, 0.1) is 6.42 Å². The van der Waals surface area contributed by atoms with Crippen LogP contribution in [0.5, 0.6) is 0 Å². The third-order valence-corrected chi connectivity index (χ3v) is 2.18. The number of halogens is 1. The Balaban J connectivity index is 2.78. The average molecular weight is 273 g/mol. The fourth-order valence-corrected chi connectivity index (χ4v) is 1.33. The zero-order valence-corrected chi connectivity index (χ0v) is 9.72. The van der Waals surface area contributed by atoms with Gasteiger partial charge in [0.1, 0.15) is 11.2 Å². The molecule has 1 aromatic heterocycles. The van der Waals surface area contributed by atoms with Crippen molar-refractivity contribution in [3.05, 3.63) is 29.0 Å². The standard InChI is InChI=1S/C10H9ClN2O5/c11-7-3-5(1-2-12-7)9(16)13-6(10(17)18)4-8(14)15/h1-3,6H,4H2,(H,13,16)(H,14,15)(H,17,18). The van der Waals surface area contributed by atoms with Crippen LogP contribution in [0.25, 0.3) is 0 Å². The second-order valence-corrected chi connectivity index (χ2v) is 3.72. The molecule has 1 heterocycles. The SMILES string of the molecule is O=C(O)CC(NC(=O)c1ccnc(Cl)c1)C(=O)O. The van der Waals surface area contributed by atoms with Crippen molar-refractivity contribution >= 4 is 29.4 Å². The van der Waals surface area contributed by atoms with Crippen LogP contribution >= 0.6 is 11.6 Å². The van der Waals surface area contributed by atoms with Gasteiger partial charge >= 0.3 is 11.9 Å². The zero-order valence-electron chi connectivity index (χ0n) is 8.96. The molecular formula is C10H9ClN2O5. The van der Waals surface area contributed by atoms with Crippen molar-refractivity contribution in [1.82, 2.24) is 10.3 Å². The summed E-state index contributed by atoms with van der Waals surface area (Å²) in [5, 5.41) is 19.4. The summed E-state index contributed by atoms with van der Waals surface area (Å²) < 4.78 is 0. The Morgan fingerprint density at radius 2 is 2.06 bits per heavy atom. The van der Waals surface area contributed by atoms with Crippen LogP contribution in [0, 0.1) is 0 Å². The highest BCUT2D eigenvalue weighted by atomic mass is 35.5. The Kier molecular flexibility index (Phi) is 4.61. The first-order chi connectivity index (χ1) is 8.40. The van der Waals surface area contributed by atoms with Crippen LogP contribution in [-0.4, -0.2) is 39.1 Å². The first-order valence-electron chi connectivity index (χ1n) is 4.77. The van der Waals surface area contributed by atoms with E-state index >= 15 is 0 Å². The maximum atomic E-state index is 11.6. The molecule has 0 saturated heterocycles. The lowest BCUT2D eigenvalue weighted by Gasteiger charge is -2.12. The molecule has 0 bridgehead atoms. The van der Waals surface area contributed by atoms with Crippen LogP contribution < -0.4 is 5.32 Å². The van der Waals surface area contributed by atoms with Crippen LogP contribution in [-0.2, 0) is 9.59 Å². The van der Waals surface area contributed by atoms with Crippen LogP contribution in [0.1, 0.15) is 16.8 Å². The van der Waals surface area contributed by atoms with Crippen molar-refractivity contribution < 1.29 is 24.6 Å². The van der Waals surface area contributed by atoms with E-state index in [2.05, 4.69) is 10.3 Å². The molecule has 8 heteroatoms. The monoisotopic (exact) mass is 272 g/mol. The molecule has 18 heavy (non-hydrogen) atoms. The minimum atomic E-state index is -1.50. The molecule has 0 spiro atoms. The number of nitrogens with zero attached hydrogens (tertiary/aromatic N) is 1. The molecule has 1 amide bonds. The largest absolute Gasteiger partial charge is 0.481 e. The van der Waals surface area contributed by atoms with Gasteiger partial charge in [0.25, 0.3) is 5.91 Å². The van der Waals surface area contributed by atoms with E-state index in [1.807, 2.05) is 0 Å². The minimum Gasteiger partial charge on any atom is -0.481 e.